The van der Waals surface area contributed by atoms with E-state index < -0.39 is 58.0 Å². The fourth-order valence-corrected chi connectivity index (χ4v) is 6.34. The number of aliphatic hydroxyl groups excluding tert-OH is 2. The van der Waals surface area contributed by atoms with Crippen molar-refractivity contribution in [2.24, 2.45) is 23.0 Å². The molecule has 1 fully saturated rings. The van der Waals surface area contributed by atoms with Gasteiger partial charge in [0.15, 0.2) is 11.4 Å². The maximum atomic E-state index is 13.8. The summed E-state index contributed by atoms with van der Waals surface area (Å²) in [6.07, 6.45) is 0.547. The second-order valence-corrected chi connectivity index (χ2v) is 12.0. The highest BCUT2D eigenvalue weighted by molar-refractivity contribution is 6.24. The first-order valence-corrected chi connectivity index (χ1v) is 12.5. The van der Waals surface area contributed by atoms with Crippen LogP contribution in [-0.4, -0.2) is 74.3 Å². The van der Waals surface area contributed by atoms with E-state index in [1.54, 1.807) is 20.2 Å². The number of amides is 1. The predicted octanol–water partition coefficient (Wildman–Crippen LogP) is 1.51. The SMILES string of the molecule is CN(C)[C@H]1C(=O)C(C(N)=O)=C(O)[C@]2(O)C(=O)C3=C(O)c4c(O)ccc(CC(=O)CC(C)(C)C)c4C[C@@H]3C[C@H]12. The first-order valence-electron chi connectivity index (χ1n) is 12.5. The van der Waals surface area contributed by atoms with Gasteiger partial charge in [-0.25, -0.2) is 0 Å². The number of fused-ring (bicyclic) bond motifs is 3. The molecule has 10 heteroatoms. The number of aliphatic hydroxyl groups is 3. The van der Waals surface area contributed by atoms with Gasteiger partial charge in [-0.2, -0.15) is 0 Å². The van der Waals surface area contributed by atoms with Crippen LogP contribution < -0.4 is 5.73 Å². The van der Waals surface area contributed by atoms with E-state index >= 15 is 0 Å². The largest absolute Gasteiger partial charge is 0.508 e. The Kier molecular flexibility index (Phi) is 6.56. The van der Waals surface area contributed by atoms with Crippen LogP contribution in [0.2, 0.25) is 0 Å². The second-order valence-electron chi connectivity index (χ2n) is 12.0. The molecule has 4 rings (SSSR count). The summed E-state index contributed by atoms with van der Waals surface area (Å²) in [5.74, 6) is -7.00. The quantitative estimate of drug-likeness (QED) is 0.356. The lowest BCUT2D eigenvalue weighted by atomic mass is 9.57. The number of hydrogen-bond acceptors (Lipinski definition) is 9. The van der Waals surface area contributed by atoms with Crippen molar-refractivity contribution in [1.82, 2.24) is 4.90 Å². The molecular formula is C28H34N2O8. The van der Waals surface area contributed by atoms with Crippen LogP contribution >= 0.6 is 0 Å². The van der Waals surface area contributed by atoms with Crippen LogP contribution in [0.15, 0.2) is 29.0 Å². The number of benzene rings is 1. The summed E-state index contributed by atoms with van der Waals surface area (Å²) in [4.78, 5) is 53.3. The van der Waals surface area contributed by atoms with Gasteiger partial charge in [0.1, 0.15) is 28.6 Å². The van der Waals surface area contributed by atoms with Crippen molar-refractivity contribution in [2.75, 3.05) is 14.1 Å². The number of ketones is 3. The fraction of sp³-hybridized carbons (Fsp3) is 0.500. The maximum absolute atomic E-state index is 13.8. The average molecular weight is 527 g/mol. The molecule has 0 spiro atoms. The van der Waals surface area contributed by atoms with Crippen molar-refractivity contribution in [3.8, 4) is 5.75 Å². The van der Waals surface area contributed by atoms with E-state index in [2.05, 4.69) is 0 Å². The standard InChI is InChI=1S/C28H34N2O8/c1-27(2,3)11-14(31)8-12-6-7-17(32)19-15(12)9-13-10-16-21(30(4)5)23(34)20(26(29)37)25(36)28(16,38)24(35)18(13)22(19)33/h6-7,13,16,21,32-33,36,38H,8-11H2,1-5H3,(H2,29,37)/t13-,16-,21-,28-/m1/s1. The lowest BCUT2D eigenvalue weighted by molar-refractivity contribution is -0.153. The molecule has 0 saturated heterocycles. The number of phenols is 1. The molecule has 10 nitrogen and oxygen atoms in total. The lowest BCUT2D eigenvalue weighted by Crippen LogP contribution is -2.65. The smallest absolute Gasteiger partial charge is 0.255 e. The van der Waals surface area contributed by atoms with Gasteiger partial charge in [-0.15, -0.1) is 0 Å². The normalized spacial score (nSPS) is 27.3. The number of primary amides is 1. The molecule has 3 aliphatic rings. The van der Waals surface area contributed by atoms with E-state index in [9.17, 15) is 39.6 Å². The zero-order valence-corrected chi connectivity index (χ0v) is 22.2. The molecule has 1 aromatic carbocycles. The summed E-state index contributed by atoms with van der Waals surface area (Å²) in [6, 6.07) is 1.81. The third-order valence-electron chi connectivity index (χ3n) is 7.82. The Bertz CT molecular complexity index is 1330. The Balaban J connectivity index is 1.88. The molecule has 1 aromatic rings. The first-order chi connectivity index (χ1) is 17.5. The summed E-state index contributed by atoms with van der Waals surface area (Å²) in [7, 11) is 3.09. The molecule has 4 atom stereocenters. The number of nitrogens with two attached hydrogens (primary N) is 1. The van der Waals surface area contributed by atoms with Gasteiger partial charge in [-0.05, 0) is 55.5 Å². The zero-order chi connectivity index (χ0) is 28.5. The van der Waals surface area contributed by atoms with Gasteiger partial charge < -0.3 is 26.2 Å². The molecule has 0 radical (unpaired) electrons. The molecule has 3 aliphatic carbocycles. The van der Waals surface area contributed by atoms with E-state index in [0.29, 0.717) is 17.5 Å². The molecule has 1 saturated carbocycles. The lowest BCUT2D eigenvalue weighted by Gasteiger charge is -2.50. The molecule has 0 unspecified atom stereocenters. The third-order valence-corrected chi connectivity index (χ3v) is 7.82. The number of aromatic hydroxyl groups is 1. The van der Waals surface area contributed by atoms with Crippen LogP contribution in [0.5, 0.6) is 5.75 Å². The Labute approximate surface area is 220 Å². The molecule has 204 valence electrons. The number of likely N-dealkylation sites (N-methyl/N-ethyl adjacent to an activating group) is 1. The monoisotopic (exact) mass is 526 g/mol. The minimum Gasteiger partial charge on any atom is -0.508 e. The highest BCUT2D eigenvalue weighted by atomic mass is 16.3. The van der Waals surface area contributed by atoms with Crippen molar-refractivity contribution in [3.05, 3.63) is 45.7 Å². The molecular weight excluding hydrogens is 492 g/mol. The average Bonchev–Trinajstić information content (AvgIpc) is 2.76. The number of Topliss-reactive ketones (excluding diaryl/α,β-unsaturated/α-hetero) is 3. The van der Waals surface area contributed by atoms with Crippen LogP contribution in [0.3, 0.4) is 0 Å². The van der Waals surface area contributed by atoms with Crippen molar-refractivity contribution in [2.45, 2.75) is 58.1 Å². The summed E-state index contributed by atoms with van der Waals surface area (Å²) < 4.78 is 0. The van der Waals surface area contributed by atoms with E-state index in [-0.39, 0.29) is 47.3 Å². The van der Waals surface area contributed by atoms with Crippen LogP contribution in [0.25, 0.3) is 5.76 Å². The van der Waals surface area contributed by atoms with Crippen molar-refractivity contribution >= 4 is 29.0 Å². The van der Waals surface area contributed by atoms with Crippen LogP contribution in [0.1, 0.15) is 50.3 Å². The van der Waals surface area contributed by atoms with Gasteiger partial charge in [0.2, 0.25) is 5.78 Å². The maximum Gasteiger partial charge on any atom is 0.255 e. The van der Waals surface area contributed by atoms with Gasteiger partial charge in [0.25, 0.3) is 5.91 Å². The highest BCUT2D eigenvalue weighted by Gasteiger charge is 2.64. The molecule has 0 aliphatic heterocycles. The van der Waals surface area contributed by atoms with Gasteiger partial charge in [0.05, 0.1) is 11.6 Å². The zero-order valence-electron chi connectivity index (χ0n) is 22.2. The summed E-state index contributed by atoms with van der Waals surface area (Å²) in [6.45, 7) is 5.85. The summed E-state index contributed by atoms with van der Waals surface area (Å²) in [5.41, 5.74) is 2.46. The topological polar surface area (TPSA) is 178 Å². The van der Waals surface area contributed by atoms with Crippen LogP contribution in [0, 0.1) is 17.3 Å². The van der Waals surface area contributed by atoms with Gasteiger partial charge in [-0.1, -0.05) is 26.8 Å². The van der Waals surface area contributed by atoms with Gasteiger partial charge >= 0.3 is 0 Å². The number of carbonyl (C=O) groups excluding carboxylic acids is 4. The number of nitrogens with zero attached hydrogens (tertiary/aromatic N) is 1. The predicted molar refractivity (Wildman–Crippen MR) is 137 cm³/mol. The Morgan fingerprint density at radius 2 is 1.76 bits per heavy atom. The Hall–Kier alpha value is -3.50. The minimum absolute atomic E-state index is 0.00318. The molecule has 0 bridgehead atoms. The molecule has 6 N–H and O–H groups in total. The summed E-state index contributed by atoms with van der Waals surface area (Å²) in [5, 5.41) is 44.4. The fourth-order valence-electron chi connectivity index (χ4n) is 6.34. The Morgan fingerprint density at radius 3 is 2.32 bits per heavy atom. The number of phenolic OH excluding ortho intramolecular Hbond substituents is 1. The second kappa shape index (κ2) is 9.06. The van der Waals surface area contributed by atoms with Crippen molar-refractivity contribution in [1.29, 1.82) is 0 Å². The highest BCUT2D eigenvalue weighted by Crippen LogP contribution is 2.53. The molecule has 0 heterocycles. The van der Waals surface area contributed by atoms with Gasteiger partial charge in [0, 0.05) is 24.3 Å². The third kappa shape index (κ3) is 4.12. The van der Waals surface area contributed by atoms with E-state index in [1.807, 2.05) is 20.8 Å². The number of hydrogen-bond donors (Lipinski definition) is 5. The van der Waals surface area contributed by atoms with E-state index in [4.69, 9.17) is 5.73 Å². The Morgan fingerprint density at radius 1 is 1.13 bits per heavy atom. The van der Waals surface area contributed by atoms with Crippen LogP contribution in [-0.2, 0) is 32.0 Å². The van der Waals surface area contributed by atoms with Crippen molar-refractivity contribution < 1.29 is 39.6 Å². The number of carbonyl (C=O) groups is 4. The van der Waals surface area contributed by atoms with Crippen molar-refractivity contribution in [3.63, 3.8) is 0 Å². The molecule has 0 aromatic heterocycles. The first kappa shape index (κ1) is 27.5. The van der Waals surface area contributed by atoms with E-state index in [1.165, 1.54) is 11.0 Å². The molecule has 1 amide bonds. The molecule has 38 heavy (non-hydrogen) atoms. The summed E-state index contributed by atoms with van der Waals surface area (Å²) >= 11 is 0. The van der Waals surface area contributed by atoms with Crippen LogP contribution in [0.4, 0.5) is 0 Å². The van der Waals surface area contributed by atoms with E-state index in [0.717, 1.165) is 0 Å². The minimum atomic E-state index is -2.68. The van der Waals surface area contributed by atoms with Gasteiger partial charge in [-0.3, -0.25) is 24.1 Å². The number of rotatable bonds is 5.